The molecule has 0 aliphatic rings. The summed E-state index contributed by atoms with van der Waals surface area (Å²) in [6.45, 7) is 3.87. The first-order valence-electron chi connectivity index (χ1n) is 6.70. The van der Waals surface area contributed by atoms with Crippen LogP contribution in [0.15, 0.2) is 43.1 Å². The lowest BCUT2D eigenvalue weighted by Crippen LogP contribution is -2.14. The van der Waals surface area contributed by atoms with E-state index >= 15 is 0 Å². The van der Waals surface area contributed by atoms with Crippen LogP contribution in [0.5, 0.6) is 0 Å². The molecule has 0 fully saturated rings. The number of nitrogens with one attached hydrogen (secondary N) is 1. The normalized spacial score (nSPS) is 10.5. The first-order valence-corrected chi connectivity index (χ1v) is 6.70. The molecule has 3 aromatic rings. The second-order valence-electron chi connectivity index (χ2n) is 4.73. The largest absolute Gasteiger partial charge is 0.318 e. The van der Waals surface area contributed by atoms with Crippen LogP contribution in [0.25, 0.3) is 5.95 Å². The van der Waals surface area contributed by atoms with Gasteiger partial charge in [0, 0.05) is 11.9 Å². The van der Waals surface area contributed by atoms with E-state index in [1.54, 1.807) is 47.7 Å². The molecule has 0 aromatic carbocycles. The van der Waals surface area contributed by atoms with Gasteiger partial charge in [-0.25, -0.2) is 15.0 Å². The summed E-state index contributed by atoms with van der Waals surface area (Å²) in [6, 6.07) is 5.15. The van der Waals surface area contributed by atoms with Gasteiger partial charge in [0.15, 0.2) is 0 Å². The second kappa shape index (κ2) is 5.72. The van der Waals surface area contributed by atoms with Crippen molar-refractivity contribution >= 4 is 11.6 Å². The fourth-order valence-electron chi connectivity index (χ4n) is 1.90. The van der Waals surface area contributed by atoms with E-state index in [4.69, 9.17) is 0 Å². The highest BCUT2D eigenvalue weighted by atomic mass is 16.1. The SMILES string of the molecule is Cc1ncn(-c2ncc(NC(=O)c3ccccn3)cn2)c1C. The van der Waals surface area contributed by atoms with Crippen molar-refractivity contribution in [3.63, 3.8) is 0 Å². The second-order valence-corrected chi connectivity index (χ2v) is 4.73. The molecule has 0 bridgehead atoms. The van der Waals surface area contributed by atoms with Crippen molar-refractivity contribution < 1.29 is 4.79 Å². The molecule has 0 aliphatic heterocycles. The molecule has 3 aromatic heterocycles. The number of carbonyl (C=O) groups is 1. The van der Waals surface area contributed by atoms with Gasteiger partial charge in [-0.1, -0.05) is 6.07 Å². The molecular formula is C15H14N6O. The summed E-state index contributed by atoms with van der Waals surface area (Å²) in [7, 11) is 0. The van der Waals surface area contributed by atoms with Crippen LogP contribution in [0.1, 0.15) is 21.9 Å². The third kappa shape index (κ3) is 2.69. The quantitative estimate of drug-likeness (QED) is 0.797. The van der Waals surface area contributed by atoms with Gasteiger partial charge in [-0.15, -0.1) is 0 Å². The molecule has 0 saturated heterocycles. The minimum atomic E-state index is -0.299. The Morgan fingerprint density at radius 3 is 2.45 bits per heavy atom. The number of amides is 1. The summed E-state index contributed by atoms with van der Waals surface area (Å²) in [5.41, 5.74) is 2.75. The number of hydrogen-bond acceptors (Lipinski definition) is 5. The van der Waals surface area contributed by atoms with Gasteiger partial charge in [-0.3, -0.25) is 14.3 Å². The minimum Gasteiger partial charge on any atom is -0.318 e. The zero-order chi connectivity index (χ0) is 15.5. The highest BCUT2D eigenvalue weighted by Crippen LogP contribution is 2.11. The number of aromatic nitrogens is 5. The zero-order valence-corrected chi connectivity index (χ0v) is 12.2. The van der Waals surface area contributed by atoms with Crippen LogP contribution >= 0.6 is 0 Å². The van der Waals surface area contributed by atoms with E-state index in [2.05, 4.69) is 25.3 Å². The third-order valence-electron chi connectivity index (χ3n) is 3.26. The fourth-order valence-corrected chi connectivity index (χ4v) is 1.90. The summed E-state index contributed by atoms with van der Waals surface area (Å²) in [5, 5.41) is 2.71. The third-order valence-corrected chi connectivity index (χ3v) is 3.26. The number of pyridine rings is 1. The van der Waals surface area contributed by atoms with E-state index in [0.717, 1.165) is 11.4 Å². The summed E-state index contributed by atoms with van der Waals surface area (Å²) < 4.78 is 1.79. The number of hydrogen-bond donors (Lipinski definition) is 1. The summed E-state index contributed by atoms with van der Waals surface area (Å²) in [6.07, 6.45) is 6.35. The maximum atomic E-state index is 12.0. The Balaban J connectivity index is 1.77. The van der Waals surface area contributed by atoms with Crippen LogP contribution in [-0.2, 0) is 0 Å². The Labute approximate surface area is 127 Å². The standard InChI is InChI=1S/C15H14N6O/c1-10-11(2)21(9-19-10)15-17-7-12(8-18-15)20-14(22)13-5-3-4-6-16-13/h3-9H,1-2H3,(H,20,22). The number of nitrogens with zero attached hydrogens (tertiary/aromatic N) is 5. The van der Waals surface area contributed by atoms with Crippen LogP contribution in [0.4, 0.5) is 5.69 Å². The molecule has 7 heteroatoms. The monoisotopic (exact) mass is 294 g/mol. The highest BCUT2D eigenvalue weighted by molar-refractivity contribution is 6.02. The van der Waals surface area contributed by atoms with Crippen molar-refractivity contribution in [1.82, 2.24) is 24.5 Å². The molecule has 1 N–H and O–H groups in total. The molecule has 0 atom stereocenters. The van der Waals surface area contributed by atoms with E-state index in [1.807, 2.05) is 13.8 Å². The average Bonchev–Trinajstić information content (AvgIpc) is 2.89. The van der Waals surface area contributed by atoms with Crippen LogP contribution in [0, 0.1) is 13.8 Å². The Morgan fingerprint density at radius 1 is 1.09 bits per heavy atom. The van der Waals surface area contributed by atoms with E-state index in [0.29, 0.717) is 17.3 Å². The topological polar surface area (TPSA) is 85.6 Å². The molecule has 3 rings (SSSR count). The first kappa shape index (κ1) is 13.9. The summed E-state index contributed by atoms with van der Waals surface area (Å²) in [4.78, 5) is 28.7. The molecule has 0 unspecified atom stereocenters. The molecule has 0 radical (unpaired) electrons. The van der Waals surface area contributed by atoms with Gasteiger partial charge < -0.3 is 5.32 Å². The fraction of sp³-hybridized carbons (Fsp3) is 0.133. The van der Waals surface area contributed by atoms with Gasteiger partial charge in [-0.2, -0.15) is 0 Å². The molecule has 7 nitrogen and oxygen atoms in total. The van der Waals surface area contributed by atoms with E-state index < -0.39 is 0 Å². The predicted octanol–water partition coefficient (Wildman–Crippen LogP) is 1.93. The predicted molar refractivity (Wildman–Crippen MR) is 80.8 cm³/mol. The number of imidazole rings is 1. The van der Waals surface area contributed by atoms with E-state index in [1.165, 1.54) is 0 Å². The van der Waals surface area contributed by atoms with Gasteiger partial charge in [0.1, 0.15) is 12.0 Å². The Bertz CT molecular complexity index is 795. The van der Waals surface area contributed by atoms with Crippen molar-refractivity contribution in [2.75, 3.05) is 5.32 Å². The molecule has 3 heterocycles. The van der Waals surface area contributed by atoms with Gasteiger partial charge in [0.05, 0.1) is 23.8 Å². The van der Waals surface area contributed by atoms with Crippen LogP contribution in [0.3, 0.4) is 0 Å². The minimum absolute atomic E-state index is 0.299. The van der Waals surface area contributed by atoms with Gasteiger partial charge >= 0.3 is 0 Å². The van der Waals surface area contributed by atoms with Crippen LogP contribution in [-0.4, -0.2) is 30.4 Å². The van der Waals surface area contributed by atoms with Gasteiger partial charge in [-0.05, 0) is 26.0 Å². The lowest BCUT2D eigenvalue weighted by molar-refractivity contribution is 0.102. The Kier molecular flexibility index (Phi) is 3.61. The van der Waals surface area contributed by atoms with Crippen LogP contribution in [0.2, 0.25) is 0 Å². The Hall–Kier alpha value is -3.09. The zero-order valence-electron chi connectivity index (χ0n) is 12.2. The lowest BCUT2D eigenvalue weighted by atomic mass is 10.3. The lowest BCUT2D eigenvalue weighted by Gasteiger charge is -2.06. The van der Waals surface area contributed by atoms with Gasteiger partial charge in [0.2, 0.25) is 5.95 Å². The maximum absolute atomic E-state index is 12.0. The number of anilines is 1. The van der Waals surface area contributed by atoms with E-state index in [9.17, 15) is 4.79 Å². The van der Waals surface area contributed by atoms with Crippen LogP contribution < -0.4 is 5.32 Å². The molecule has 22 heavy (non-hydrogen) atoms. The molecular weight excluding hydrogens is 280 g/mol. The number of carbonyl (C=O) groups excluding carboxylic acids is 1. The summed E-state index contributed by atoms with van der Waals surface area (Å²) >= 11 is 0. The number of rotatable bonds is 3. The molecule has 0 spiro atoms. The molecule has 1 amide bonds. The van der Waals surface area contributed by atoms with E-state index in [-0.39, 0.29) is 5.91 Å². The van der Waals surface area contributed by atoms with Crippen molar-refractivity contribution in [2.45, 2.75) is 13.8 Å². The van der Waals surface area contributed by atoms with Crippen molar-refractivity contribution in [2.24, 2.45) is 0 Å². The Morgan fingerprint density at radius 2 is 1.86 bits per heavy atom. The molecule has 0 aliphatic carbocycles. The number of aryl methyl sites for hydroxylation is 1. The first-order chi connectivity index (χ1) is 10.6. The average molecular weight is 294 g/mol. The van der Waals surface area contributed by atoms with Crippen molar-refractivity contribution in [1.29, 1.82) is 0 Å². The molecule has 0 saturated carbocycles. The van der Waals surface area contributed by atoms with Crippen molar-refractivity contribution in [3.05, 3.63) is 60.2 Å². The smallest absolute Gasteiger partial charge is 0.274 e. The maximum Gasteiger partial charge on any atom is 0.274 e. The van der Waals surface area contributed by atoms with Crippen molar-refractivity contribution in [3.8, 4) is 5.95 Å². The summed E-state index contributed by atoms with van der Waals surface area (Å²) in [5.74, 6) is 0.209. The molecule has 110 valence electrons. The van der Waals surface area contributed by atoms with Gasteiger partial charge in [0.25, 0.3) is 5.91 Å². The highest BCUT2D eigenvalue weighted by Gasteiger charge is 2.09.